The van der Waals surface area contributed by atoms with E-state index in [1.807, 2.05) is 62.4 Å². The molecule has 35 heavy (non-hydrogen) atoms. The molecule has 1 atom stereocenters. The summed E-state index contributed by atoms with van der Waals surface area (Å²) in [6.07, 6.45) is 0. The van der Waals surface area contributed by atoms with Crippen LogP contribution >= 0.6 is 11.6 Å². The molecule has 3 aromatic carbocycles. The second kappa shape index (κ2) is 10.0. The number of carbonyl (C=O) groups is 3. The van der Waals surface area contributed by atoms with E-state index in [0.29, 0.717) is 21.6 Å². The number of nitrogens with zero attached hydrogens (tertiary/aromatic N) is 1. The summed E-state index contributed by atoms with van der Waals surface area (Å²) in [6, 6.07) is 21.3. The second-order valence-electron chi connectivity index (χ2n) is 8.45. The maximum atomic E-state index is 13.2. The van der Waals surface area contributed by atoms with E-state index in [1.165, 1.54) is 4.68 Å². The Bertz CT molecular complexity index is 1410. The van der Waals surface area contributed by atoms with Crippen molar-refractivity contribution < 1.29 is 14.4 Å². The van der Waals surface area contributed by atoms with Crippen LogP contribution in [0.25, 0.3) is 10.9 Å². The van der Waals surface area contributed by atoms with Crippen LogP contribution in [0.1, 0.15) is 40.1 Å². The number of fused-ring (bicyclic) bond motifs is 1. The van der Waals surface area contributed by atoms with Crippen molar-refractivity contribution in [3.8, 4) is 0 Å². The second-order valence-corrected chi connectivity index (χ2v) is 8.88. The normalized spacial score (nSPS) is 11.7. The lowest BCUT2D eigenvalue weighted by Gasteiger charge is -2.16. The van der Waals surface area contributed by atoms with Crippen molar-refractivity contribution in [2.75, 3.05) is 10.7 Å². The molecular formula is C27H25ClN4O3. The van der Waals surface area contributed by atoms with Crippen molar-refractivity contribution in [2.45, 2.75) is 26.8 Å². The quantitative estimate of drug-likeness (QED) is 0.341. The number of nitrogens with one attached hydrogen (secondary N) is 3. The summed E-state index contributed by atoms with van der Waals surface area (Å²) in [4.78, 5) is 38.7. The number of hydrogen-bond donors (Lipinski definition) is 3. The average molecular weight is 489 g/mol. The molecule has 0 spiro atoms. The van der Waals surface area contributed by atoms with Crippen molar-refractivity contribution in [2.24, 2.45) is 0 Å². The predicted octanol–water partition coefficient (Wildman–Crippen LogP) is 5.11. The number of benzene rings is 3. The lowest BCUT2D eigenvalue weighted by molar-refractivity contribution is -0.137. The van der Waals surface area contributed by atoms with E-state index in [0.717, 1.165) is 16.7 Å². The van der Waals surface area contributed by atoms with Gasteiger partial charge < -0.3 is 10.6 Å². The summed E-state index contributed by atoms with van der Waals surface area (Å²) in [5, 5.41) is 6.67. The van der Waals surface area contributed by atoms with Crippen LogP contribution in [0.4, 0.5) is 5.69 Å². The maximum Gasteiger partial charge on any atom is 0.328 e. The number of anilines is 1. The fourth-order valence-corrected chi connectivity index (χ4v) is 4.14. The van der Waals surface area contributed by atoms with Gasteiger partial charge in [-0.15, -0.1) is 0 Å². The van der Waals surface area contributed by atoms with Gasteiger partial charge in [0.25, 0.3) is 5.91 Å². The monoisotopic (exact) mass is 488 g/mol. The van der Waals surface area contributed by atoms with Gasteiger partial charge in [-0.05, 0) is 73.9 Å². The van der Waals surface area contributed by atoms with Gasteiger partial charge in [0.15, 0.2) is 0 Å². The fraction of sp³-hybridized carbons (Fsp3) is 0.148. The summed E-state index contributed by atoms with van der Waals surface area (Å²) in [5.41, 5.74) is 6.74. The van der Waals surface area contributed by atoms with Gasteiger partial charge in [0.05, 0.1) is 11.6 Å². The van der Waals surface area contributed by atoms with Crippen LogP contribution in [0.5, 0.6) is 0 Å². The van der Waals surface area contributed by atoms with Crippen molar-refractivity contribution in [3.63, 3.8) is 0 Å². The van der Waals surface area contributed by atoms with E-state index >= 15 is 0 Å². The fourth-order valence-electron chi connectivity index (χ4n) is 3.96. The summed E-state index contributed by atoms with van der Waals surface area (Å²) >= 11 is 6.13. The molecule has 0 aliphatic rings. The molecule has 0 radical (unpaired) electrons. The van der Waals surface area contributed by atoms with Crippen LogP contribution in [0, 0.1) is 13.8 Å². The molecule has 0 saturated heterocycles. The topological polar surface area (TPSA) is 92.2 Å². The highest BCUT2D eigenvalue weighted by atomic mass is 35.5. The minimum Gasteiger partial charge on any atom is -0.341 e. The van der Waals surface area contributed by atoms with Crippen LogP contribution in [-0.4, -0.2) is 22.4 Å². The highest BCUT2D eigenvalue weighted by molar-refractivity contribution is 6.38. The van der Waals surface area contributed by atoms with E-state index in [2.05, 4.69) is 16.1 Å². The van der Waals surface area contributed by atoms with Crippen LogP contribution < -0.4 is 16.1 Å². The first-order valence-corrected chi connectivity index (χ1v) is 11.5. The largest absolute Gasteiger partial charge is 0.341 e. The first kappa shape index (κ1) is 24.0. The molecule has 0 aliphatic carbocycles. The molecule has 0 fully saturated rings. The third kappa shape index (κ3) is 5.53. The van der Waals surface area contributed by atoms with E-state index in [-0.39, 0.29) is 11.7 Å². The Balaban J connectivity index is 1.60. The average Bonchev–Trinajstić information content (AvgIpc) is 3.16. The Labute approximate surface area is 208 Å². The molecule has 0 unspecified atom stereocenters. The number of rotatable bonds is 5. The van der Waals surface area contributed by atoms with Gasteiger partial charge in [0.1, 0.15) is 5.69 Å². The van der Waals surface area contributed by atoms with Crippen molar-refractivity contribution in [1.29, 1.82) is 0 Å². The third-order valence-electron chi connectivity index (χ3n) is 5.54. The molecule has 0 bridgehead atoms. The summed E-state index contributed by atoms with van der Waals surface area (Å²) < 4.78 is 1.30. The summed E-state index contributed by atoms with van der Waals surface area (Å²) in [5.74, 6) is -2.17. The maximum absolute atomic E-state index is 13.2. The Kier molecular flexibility index (Phi) is 6.89. The van der Waals surface area contributed by atoms with Gasteiger partial charge in [-0.3, -0.25) is 19.8 Å². The van der Waals surface area contributed by atoms with Crippen molar-refractivity contribution in [3.05, 3.63) is 100 Å². The molecule has 3 N–H and O–H groups in total. The highest BCUT2D eigenvalue weighted by Crippen LogP contribution is 2.24. The van der Waals surface area contributed by atoms with Crippen molar-refractivity contribution in [1.82, 2.24) is 9.99 Å². The van der Waals surface area contributed by atoms with Gasteiger partial charge in [-0.1, -0.05) is 48.0 Å². The van der Waals surface area contributed by atoms with Crippen LogP contribution in [0.3, 0.4) is 0 Å². The molecule has 0 aliphatic heterocycles. The first-order valence-electron chi connectivity index (χ1n) is 11.1. The Morgan fingerprint density at radius 2 is 1.54 bits per heavy atom. The van der Waals surface area contributed by atoms with Crippen LogP contribution in [0.15, 0.2) is 72.8 Å². The zero-order valence-electron chi connectivity index (χ0n) is 19.6. The molecule has 8 heteroatoms. The molecular weight excluding hydrogens is 464 g/mol. The Morgan fingerprint density at radius 3 is 2.23 bits per heavy atom. The summed E-state index contributed by atoms with van der Waals surface area (Å²) in [7, 11) is 0. The van der Waals surface area contributed by atoms with Crippen LogP contribution in [-0.2, 0) is 9.59 Å². The lowest BCUT2D eigenvalue weighted by atomic mass is 10.1. The molecule has 1 aromatic heterocycles. The van der Waals surface area contributed by atoms with E-state index < -0.39 is 17.7 Å². The standard InChI is InChI=1S/C27H25ClN4O3/c1-16-11-17(2)13-22(12-16)30-25(33)24-15-20-14-21(28)9-10-23(20)32(24)31-27(35)26(34)29-18(3)19-7-5-4-6-8-19/h4-15,18H,1-3H3,(H,29,34)(H,30,33)(H,31,35)/t18-/m0/s1. The predicted molar refractivity (Wildman–Crippen MR) is 138 cm³/mol. The van der Waals surface area contributed by atoms with E-state index in [9.17, 15) is 14.4 Å². The first-order chi connectivity index (χ1) is 16.7. The zero-order chi connectivity index (χ0) is 25.1. The molecule has 0 saturated carbocycles. The Hall–Kier alpha value is -4.10. The number of aryl methyl sites for hydroxylation is 2. The number of carbonyl (C=O) groups excluding carboxylic acids is 3. The SMILES string of the molecule is Cc1cc(C)cc(NC(=O)c2cc3cc(Cl)ccc3n2NC(=O)C(=O)N[C@@H](C)c2ccccc2)c1. The minimum atomic E-state index is -0.902. The third-order valence-corrected chi connectivity index (χ3v) is 5.78. The molecule has 178 valence electrons. The van der Waals surface area contributed by atoms with Gasteiger partial charge >= 0.3 is 11.8 Å². The lowest BCUT2D eigenvalue weighted by Crippen LogP contribution is -2.40. The number of hydrogen-bond acceptors (Lipinski definition) is 3. The molecule has 4 aromatic rings. The van der Waals surface area contributed by atoms with Gasteiger partial charge in [-0.25, -0.2) is 4.68 Å². The zero-order valence-corrected chi connectivity index (χ0v) is 20.3. The summed E-state index contributed by atoms with van der Waals surface area (Å²) in [6.45, 7) is 5.67. The van der Waals surface area contributed by atoms with Crippen LogP contribution in [0.2, 0.25) is 5.02 Å². The number of aromatic nitrogens is 1. The van der Waals surface area contributed by atoms with E-state index in [1.54, 1.807) is 31.2 Å². The van der Waals surface area contributed by atoms with Gasteiger partial charge in [-0.2, -0.15) is 0 Å². The number of amides is 3. The van der Waals surface area contributed by atoms with Gasteiger partial charge in [0.2, 0.25) is 0 Å². The van der Waals surface area contributed by atoms with E-state index in [4.69, 9.17) is 11.6 Å². The molecule has 4 rings (SSSR count). The molecule has 3 amide bonds. The Morgan fingerprint density at radius 1 is 0.857 bits per heavy atom. The molecule has 7 nitrogen and oxygen atoms in total. The highest BCUT2D eigenvalue weighted by Gasteiger charge is 2.22. The minimum absolute atomic E-state index is 0.152. The smallest absolute Gasteiger partial charge is 0.328 e. The van der Waals surface area contributed by atoms with Crippen molar-refractivity contribution >= 4 is 45.9 Å². The van der Waals surface area contributed by atoms with Gasteiger partial charge in [0, 0.05) is 16.1 Å². The number of halogens is 1. The molecule has 1 heterocycles.